The lowest BCUT2D eigenvalue weighted by Crippen LogP contribution is -2.51. The molecule has 1 aromatic heterocycles. The maximum absolute atomic E-state index is 5.92. The number of ether oxygens (including phenoxy) is 2. The smallest absolute Gasteiger partial charge is 0.121 e. The van der Waals surface area contributed by atoms with Crippen molar-refractivity contribution in [3.05, 3.63) is 72.6 Å². The highest BCUT2D eigenvalue weighted by Crippen LogP contribution is 2.44. The van der Waals surface area contributed by atoms with Crippen molar-refractivity contribution < 1.29 is 9.47 Å². The van der Waals surface area contributed by atoms with E-state index < -0.39 is 0 Å². The summed E-state index contributed by atoms with van der Waals surface area (Å²) in [4.78, 5) is 2.61. The van der Waals surface area contributed by atoms with Crippen molar-refractivity contribution in [1.82, 2.24) is 9.47 Å². The van der Waals surface area contributed by atoms with Gasteiger partial charge in [0, 0.05) is 37.1 Å². The van der Waals surface area contributed by atoms with E-state index in [4.69, 9.17) is 9.47 Å². The molecule has 1 spiro atoms. The number of fused-ring (bicyclic) bond motifs is 4. The number of aromatic nitrogens is 1. The molecule has 31 heavy (non-hydrogen) atoms. The average molecular weight is 418 g/mol. The molecule has 0 radical (unpaired) electrons. The number of anilines is 1. The summed E-state index contributed by atoms with van der Waals surface area (Å²) in [6.07, 6.45) is 5.37. The number of methoxy groups -OCH3 is 1. The maximum atomic E-state index is 5.92. The highest BCUT2D eigenvalue weighted by Gasteiger charge is 2.42. The molecule has 3 aromatic rings. The minimum atomic E-state index is -0.0282. The number of hydrogen-bond donors (Lipinski definition) is 1. The van der Waals surface area contributed by atoms with Gasteiger partial charge in [-0.1, -0.05) is 18.2 Å². The third-order valence-electron chi connectivity index (χ3n) is 6.90. The highest BCUT2D eigenvalue weighted by molar-refractivity contribution is 5.69. The Bertz CT molecular complexity index is 1020. The Hall–Kier alpha value is -2.92. The van der Waals surface area contributed by atoms with Crippen molar-refractivity contribution in [3.63, 3.8) is 0 Å². The van der Waals surface area contributed by atoms with Crippen molar-refractivity contribution in [2.24, 2.45) is 0 Å². The summed E-state index contributed by atoms with van der Waals surface area (Å²) in [5.74, 6) is 1.84. The van der Waals surface area contributed by atoms with Gasteiger partial charge in [-0.15, -0.1) is 0 Å². The van der Waals surface area contributed by atoms with E-state index in [9.17, 15) is 0 Å². The number of benzene rings is 2. The monoisotopic (exact) mass is 417 g/mol. The number of likely N-dealkylation sites (tertiary alicyclic amines) is 1. The average Bonchev–Trinajstić information content (AvgIpc) is 3.31. The molecule has 1 N–H and O–H groups in total. The second kappa shape index (κ2) is 8.31. The standard InChI is InChI=1S/C26H31N3O2/c1-20(12-18-31-21-7-4-3-5-8-21)28-16-13-26(14-17-28)25-9-6-15-29(25)24-11-10-22(30-2)19-23(24)27-26/h3-11,15,19-20,27H,12-14,16-18H2,1-2H3. The molecule has 3 heterocycles. The maximum Gasteiger partial charge on any atom is 0.121 e. The molecule has 1 unspecified atom stereocenters. The predicted molar refractivity (Wildman–Crippen MR) is 124 cm³/mol. The largest absolute Gasteiger partial charge is 0.497 e. The van der Waals surface area contributed by atoms with Crippen molar-refractivity contribution in [1.29, 1.82) is 0 Å². The van der Waals surface area contributed by atoms with Gasteiger partial charge >= 0.3 is 0 Å². The first-order chi connectivity index (χ1) is 15.2. The van der Waals surface area contributed by atoms with Crippen LogP contribution < -0.4 is 14.8 Å². The first kappa shape index (κ1) is 20.0. The quantitative estimate of drug-likeness (QED) is 0.608. The molecule has 0 bridgehead atoms. The molecule has 0 aliphatic carbocycles. The van der Waals surface area contributed by atoms with Gasteiger partial charge < -0.3 is 24.3 Å². The minimum absolute atomic E-state index is 0.0282. The zero-order chi connectivity index (χ0) is 21.3. The first-order valence-corrected chi connectivity index (χ1v) is 11.2. The van der Waals surface area contributed by atoms with Gasteiger partial charge in [-0.2, -0.15) is 0 Å². The van der Waals surface area contributed by atoms with Gasteiger partial charge in [0.1, 0.15) is 11.5 Å². The number of rotatable bonds is 6. The third-order valence-corrected chi connectivity index (χ3v) is 6.90. The molecule has 1 fully saturated rings. The lowest BCUT2D eigenvalue weighted by molar-refractivity contribution is 0.114. The van der Waals surface area contributed by atoms with Crippen LogP contribution in [0.5, 0.6) is 11.5 Å². The molecule has 5 nitrogen and oxygen atoms in total. The summed E-state index contributed by atoms with van der Waals surface area (Å²) >= 11 is 0. The van der Waals surface area contributed by atoms with Gasteiger partial charge in [0.2, 0.25) is 0 Å². The van der Waals surface area contributed by atoms with E-state index in [1.165, 1.54) is 11.4 Å². The third kappa shape index (κ3) is 3.79. The summed E-state index contributed by atoms with van der Waals surface area (Å²) < 4.78 is 13.7. The predicted octanol–water partition coefficient (Wildman–Crippen LogP) is 5.06. The molecule has 2 aromatic carbocycles. The van der Waals surface area contributed by atoms with Gasteiger partial charge in [0.05, 0.1) is 30.6 Å². The summed E-state index contributed by atoms with van der Waals surface area (Å²) in [6.45, 7) is 5.22. The fraction of sp³-hybridized carbons (Fsp3) is 0.385. The van der Waals surface area contributed by atoms with Gasteiger partial charge in [-0.05, 0) is 62.6 Å². The van der Waals surface area contributed by atoms with Crippen LogP contribution in [-0.4, -0.2) is 42.3 Å². The second-order valence-electron chi connectivity index (χ2n) is 8.69. The van der Waals surface area contributed by atoms with E-state index >= 15 is 0 Å². The molecular weight excluding hydrogens is 386 g/mol. The Morgan fingerprint density at radius 2 is 1.81 bits per heavy atom. The number of hydrogen-bond acceptors (Lipinski definition) is 4. The molecule has 0 amide bonds. The Morgan fingerprint density at radius 3 is 2.58 bits per heavy atom. The van der Waals surface area contributed by atoms with E-state index in [0.29, 0.717) is 6.04 Å². The van der Waals surface area contributed by atoms with E-state index in [0.717, 1.165) is 56.1 Å². The summed E-state index contributed by atoms with van der Waals surface area (Å²) in [5.41, 5.74) is 3.69. The van der Waals surface area contributed by atoms with Crippen LogP contribution in [0.1, 0.15) is 31.9 Å². The van der Waals surface area contributed by atoms with Gasteiger partial charge in [0.15, 0.2) is 0 Å². The van der Waals surface area contributed by atoms with Crippen molar-refractivity contribution in [2.45, 2.75) is 37.8 Å². The molecule has 2 aliphatic rings. The van der Waals surface area contributed by atoms with E-state index in [2.05, 4.69) is 52.2 Å². The van der Waals surface area contributed by atoms with Crippen LogP contribution in [-0.2, 0) is 5.54 Å². The van der Waals surface area contributed by atoms with Crippen LogP contribution in [0.4, 0.5) is 5.69 Å². The lowest BCUT2D eigenvalue weighted by atomic mass is 9.82. The molecule has 1 atom stereocenters. The SMILES string of the molecule is COc1ccc2c(c1)NC1(CCN(C(C)CCOc3ccccc3)CC1)c1cccn1-2. The fourth-order valence-electron chi connectivity index (χ4n) is 5.03. The Morgan fingerprint density at radius 1 is 1.00 bits per heavy atom. The van der Waals surface area contributed by atoms with E-state index in [1.54, 1.807) is 7.11 Å². The minimum Gasteiger partial charge on any atom is -0.497 e. The topological polar surface area (TPSA) is 38.7 Å². The van der Waals surface area contributed by atoms with Gasteiger partial charge in [-0.3, -0.25) is 0 Å². The molecular formula is C26H31N3O2. The zero-order valence-electron chi connectivity index (χ0n) is 18.4. The molecule has 5 rings (SSSR count). The molecule has 2 aliphatic heterocycles. The summed E-state index contributed by atoms with van der Waals surface area (Å²) in [6, 6.07) is 21.3. The Kier molecular flexibility index (Phi) is 5.36. The molecule has 162 valence electrons. The molecule has 5 heteroatoms. The van der Waals surface area contributed by atoms with Crippen molar-refractivity contribution >= 4 is 5.69 Å². The molecule has 0 saturated carbocycles. The zero-order valence-corrected chi connectivity index (χ0v) is 18.4. The van der Waals surface area contributed by atoms with E-state index in [-0.39, 0.29) is 5.54 Å². The Labute approximate surface area is 184 Å². The number of piperidine rings is 1. The van der Waals surface area contributed by atoms with Crippen molar-refractivity contribution in [2.75, 3.05) is 32.1 Å². The Balaban J connectivity index is 1.25. The lowest BCUT2D eigenvalue weighted by Gasteiger charge is -2.47. The van der Waals surface area contributed by atoms with Crippen molar-refractivity contribution in [3.8, 4) is 17.2 Å². The normalized spacial score (nSPS) is 18.0. The van der Waals surface area contributed by atoms with Crippen LogP contribution in [0.25, 0.3) is 5.69 Å². The summed E-state index contributed by atoms with van der Waals surface area (Å²) in [7, 11) is 1.72. The van der Waals surface area contributed by atoms with Crippen LogP contribution in [0, 0.1) is 0 Å². The molecule has 1 saturated heterocycles. The van der Waals surface area contributed by atoms with Crippen LogP contribution in [0.2, 0.25) is 0 Å². The highest BCUT2D eigenvalue weighted by atomic mass is 16.5. The number of para-hydroxylation sites is 1. The van der Waals surface area contributed by atoms with Crippen LogP contribution >= 0.6 is 0 Å². The van der Waals surface area contributed by atoms with Gasteiger partial charge in [-0.25, -0.2) is 0 Å². The van der Waals surface area contributed by atoms with Crippen LogP contribution in [0.15, 0.2) is 66.9 Å². The first-order valence-electron chi connectivity index (χ1n) is 11.2. The fourth-order valence-corrected chi connectivity index (χ4v) is 5.03. The second-order valence-corrected chi connectivity index (χ2v) is 8.69. The summed E-state index contributed by atoms with van der Waals surface area (Å²) in [5, 5.41) is 3.90. The van der Waals surface area contributed by atoms with E-state index in [1.807, 2.05) is 36.4 Å². The number of nitrogens with zero attached hydrogens (tertiary/aromatic N) is 2. The number of nitrogens with one attached hydrogen (secondary N) is 1. The van der Waals surface area contributed by atoms with Gasteiger partial charge in [0.25, 0.3) is 0 Å². The van der Waals surface area contributed by atoms with Crippen LogP contribution in [0.3, 0.4) is 0 Å².